The van der Waals surface area contributed by atoms with E-state index in [4.69, 9.17) is 9.47 Å². The van der Waals surface area contributed by atoms with Gasteiger partial charge in [0.25, 0.3) is 0 Å². The number of nitrogens with zero attached hydrogens (tertiary/aromatic N) is 1. The number of rotatable bonds is 3. The maximum atomic E-state index is 12.8. The lowest BCUT2D eigenvalue weighted by Crippen LogP contribution is -2.54. The molecule has 1 aromatic carbocycles. The summed E-state index contributed by atoms with van der Waals surface area (Å²) < 4.78 is 10.7. The van der Waals surface area contributed by atoms with Crippen LogP contribution in [-0.2, 0) is 14.3 Å². The number of hydrogen-bond donors (Lipinski definition) is 0. The Kier molecular flexibility index (Phi) is 5.31. The van der Waals surface area contributed by atoms with E-state index in [1.54, 1.807) is 11.0 Å². The third-order valence-corrected chi connectivity index (χ3v) is 5.60. The van der Waals surface area contributed by atoms with E-state index in [1.165, 1.54) is 7.11 Å². The van der Waals surface area contributed by atoms with Gasteiger partial charge in [-0.3, -0.25) is 4.79 Å². The van der Waals surface area contributed by atoms with Gasteiger partial charge in [0.1, 0.15) is 5.60 Å². The van der Waals surface area contributed by atoms with Crippen LogP contribution in [0.1, 0.15) is 57.1 Å². The summed E-state index contributed by atoms with van der Waals surface area (Å²) in [6.45, 7) is 9.37. The topological polar surface area (TPSA) is 55.8 Å². The minimum atomic E-state index is -0.561. The van der Waals surface area contributed by atoms with Gasteiger partial charge in [-0.25, -0.2) is 4.79 Å². The standard InChI is InChI=1S/C22H29NO4/c1-6-14-7-9-15(10-8-14)17-13-16-11-12-18(19(17)20(24)26-5)23(16)21(25)27-22(2,3)4/h6-10,16-19H,1,11-13H2,2-5H3/t16-,17+,18+,19-/m0/s1. The van der Waals surface area contributed by atoms with E-state index >= 15 is 0 Å². The molecule has 3 rings (SSSR count). The molecule has 1 aromatic rings. The van der Waals surface area contributed by atoms with E-state index in [0.717, 1.165) is 30.4 Å². The molecule has 2 aliphatic heterocycles. The first-order valence-electron chi connectivity index (χ1n) is 9.56. The molecule has 2 bridgehead atoms. The molecule has 2 heterocycles. The minimum absolute atomic E-state index is 0.0347. The van der Waals surface area contributed by atoms with Gasteiger partial charge in [0.15, 0.2) is 0 Å². The molecule has 5 heteroatoms. The van der Waals surface area contributed by atoms with Gasteiger partial charge in [0.05, 0.1) is 13.0 Å². The number of hydrogen-bond acceptors (Lipinski definition) is 4. The zero-order valence-electron chi connectivity index (χ0n) is 16.6. The second-order valence-electron chi connectivity index (χ2n) is 8.45. The van der Waals surface area contributed by atoms with E-state index in [2.05, 4.69) is 18.7 Å². The van der Waals surface area contributed by atoms with E-state index in [-0.39, 0.29) is 36.0 Å². The van der Waals surface area contributed by atoms with Crippen LogP contribution >= 0.6 is 0 Å². The van der Waals surface area contributed by atoms with Crippen molar-refractivity contribution in [3.05, 3.63) is 42.0 Å². The number of benzene rings is 1. The highest BCUT2D eigenvalue weighted by Gasteiger charge is 2.53. The van der Waals surface area contributed by atoms with Crippen LogP contribution in [0.4, 0.5) is 4.79 Å². The largest absolute Gasteiger partial charge is 0.469 e. The van der Waals surface area contributed by atoms with Gasteiger partial charge < -0.3 is 14.4 Å². The van der Waals surface area contributed by atoms with Gasteiger partial charge in [-0.1, -0.05) is 36.9 Å². The molecule has 5 nitrogen and oxygen atoms in total. The predicted molar refractivity (Wildman–Crippen MR) is 104 cm³/mol. The maximum absolute atomic E-state index is 12.8. The van der Waals surface area contributed by atoms with Crippen molar-refractivity contribution in [3.8, 4) is 0 Å². The van der Waals surface area contributed by atoms with Crippen molar-refractivity contribution in [3.63, 3.8) is 0 Å². The summed E-state index contributed by atoms with van der Waals surface area (Å²) in [5, 5.41) is 0. The smallest absolute Gasteiger partial charge is 0.410 e. The Morgan fingerprint density at radius 2 is 1.85 bits per heavy atom. The van der Waals surface area contributed by atoms with Crippen molar-refractivity contribution in [2.45, 2.75) is 63.6 Å². The molecule has 2 aliphatic rings. The molecule has 4 atom stereocenters. The van der Waals surface area contributed by atoms with Gasteiger partial charge in [-0.15, -0.1) is 0 Å². The number of carbonyl (C=O) groups is 2. The van der Waals surface area contributed by atoms with Crippen molar-refractivity contribution in [1.29, 1.82) is 0 Å². The Labute approximate surface area is 161 Å². The molecule has 0 spiro atoms. The number of esters is 1. The van der Waals surface area contributed by atoms with E-state index < -0.39 is 5.60 Å². The highest BCUT2D eigenvalue weighted by atomic mass is 16.6. The zero-order chi connectivity index (χ0) is 19.8. The summed E-state index contributed by atoms with van der Waals surface area (Å²) in [7, 11) is 1.42. The second kappa shape index (κ2) is 7.37. The fraction of sp³-hybridized carbons (Fsp3) is 0.545. The van der Waals surface area contributed by atoms with Gasteiger partial charge in [-0.05, 0) is 51.2 Å². The molecule has 146 valence electrons. The first-order valence-corrected chi connectivity index (χ1v) is 9.56. The highest BCUT2D eigenvalue weighted by molar-refractivity contribution is 5.78. The van der Waals surface area contributed by atoms with Gasteiger partial charge in [-0.2, -0.15) is 0 Å². The summed E-state index contributed by atoms with van der Waals surface area (Å²) in [4.78, 5) is 27.3. The third kappa shape index (κ3) is 3.87. The first-order chi connectivity index (χ1) is 12.7. The lowest BCUT2D eigenvalue weighted by molar-refractivity contribution is -0.150. The Balaban J connectivity index is 1.91. The van der Waals surface area contributed by atoms with Crippen LogP contribution in [0, 0.1) is 5.92 Å². The Morgan fingerprint density at radius 3 is 2.41 bits per heavy atom. The molecule has 0 saturated carbocycles. The molecule has 2 fully saturated rings. The Morgan fingerprint density at radius 1 is 1.19 bits per heavy atom. The number of ether oxygens (including phenoxy) is 2. The van der Waals surface area contributed by atoms with Crippen molar-refractivity contribution < 1.29 is 19.1 Å². The van der Waals surface area contributed by atoms with Crippen LogP contribution in [-0.4, -0.2) is 41.8 Å². The average molecular weight is 371 g/mol. The van der Waals surface area contributed by atoms with Crippen LogP contribution in [0.2, 0.25) is 0 Å². The van der Waals surface area contributed by atoms with E-state index in [0.29, 0.717) is 0 Å². The lowest BCUT2D eigenvalue weighted by Gasteiger charge is -2.43. The number of methoxy groups -OCH3 is 1. The van der Waals surface area contributed by atoms with Crippen LogP contribution in [0.3, 0.4) is 0 Å². The van der Waals surface area contributed by atoms with Gasteiger partial charge in [0.2, 0.25) is 0 Å². The lowest BCUT2D eigenvalue weighted by atomic mass is 9.76. The number of carbonyl (C=O) groups excluding carboxylic acids is 2. The van der Waals surface area contributed by atoms with E-state index in [9.17, 15) is 9.59 Å². The van der Waals surface area contributed by atoms with Crippen LogP contribution in [0.25, 0.3) is 6.08 Å². The first kappa shape index (κ1) is 19.5. The summed E-state index contributed by atoms with van der Waals surface area (Å²) in [5.74, 6) is -0.602. The second-order valence-corrected chi connectivity index (χ2v) is 8.45. The molecule has 0 radical (unpaired) electrons. The molecular formula is C22H29NO4. The zero-order valence-corrected chi connectivity index (χ0v) is 16.6. The Hall–Kier alpha value is -2.30. The molecular weight excluding hydrogens is 342 g/mol. The summed E-state index contributed by atoms with van der Waals surface area (Å²) in [6.07, 6.45) is 3.90. The SMILES string of the molecule is C=Cc1ccc([C@H]2C[C@@H]3CC[C@H]([C@H]2C(=O)OC)N3C(=O)OC(C)(C)C)cc1. The Bertz CT molecular complexity index is 719. The summed E-state index contributed by atoms with van der Waals surface area (Å²) in [5.41, 5.74) is 1.59. The van der Waals surface area contributed by atoms with Crippen LogP contribution in [0.5, 0.6) is 0 Å². The van der Waals surface area contributed by atoms with Crippen molar-refractivity contribution in [2.75, 3.05) is 7.11 Å². The average Bonchev–Trinajstić information content (AvgIpc) is 2.94. The molecule has 0 N–H and O–H groups in total. The van der Waals surface area contributed by atoms with Crippen molar-refractivity contribution in [1.82, 2.24) is 4.90 Å². The quantitative estimate of drug-likeness (QED) is 0.740. The molecule has 0 aliphatic carbocycles. The van der Waals surface area contributed by atoms with E-state index in [1.807, 2.05) is 32.9 Å². The molecule has 27 heavy (non-hydrogen) atoms. The fourth-order valence-corrected chi connectivity index (χ4v) is 4.48. The maximum Gasteiger partial charge on any atom is 0.410 e. The molecule has 1 amide bonds. The number of amides is 1. The number of piperidine rings is 1. The number of fused-ring (bicyclic) bond motifs is 2. The predicted octanol–water partition coefficient (Wildman–Crippen LogP) is 4.37. The highest BCUT2D eigenvalue weighted by Crippen LogP contribution is 2.47. The molecule has 2 saturated heterocycles. The summed E-state index contributed by atoms with van der Waals surface area (Å²) in [6, 6.07) is 8.04. The van der Waals surface area contributed by atoms with Crippen LogP contribution < -0.4 is 0 Å². The van der Waals surface area contributed by atoms with Crippen molar-refractivity contribution >= 4 is 18.1 Å². The normalized spacial score (nSPS) is 27.2. The molecule has 0 unspecified atom stereocenters. The van der Waals surface area contributed by atoms with Crippen LogP contribution in [0.15, 0.2) is 30.8 Å². The van der Waals surface area contributed by atoms with Crippen molar-refractivity contribution in [2.24, 2.45) is 5.92 Å². The third-order valence-electron chi connectivity index (χ3n) is 5.60. The monoisotopic (exact) mass is 371 g/mol. The molecule has 0 aromatic heterocycles. The van der Waals surface area contributed by atoms with Gasteiger partial charge >= 0.3 is 12.1 Å². The fourth-order valence-electron chi connectivity index (χ4n) is 4.48. The summed E-state index contributed by atoms with van der Waals surface area (Å²) >= 11 is 0. The van der Waals surface area contributed by atoms with Gasteiger partial charge in [0, 0.05) is 18.0 Å². The minimum Gasteiger partial charge on any atom is -0.469 e.